The Balaban J connectivity index is 2.49. The first kappa shape index (κ1) is 13.8. The highest BCUT2D eigenvalue weighted by atomic mass is 35.5. The van der Waals surface area contributed by atoms with Gasteiger partial charge in [-0.1, -0.05) is 18.2 Å². The first-order valence-electron chi connectivity index (χ1n) is 4.45. The molecule has 0 amide bonds. The molecule has 1 aromatic rings. The average Bonchev–Trinajstić information content (AvgIpc) is 2.27. The third-order valence-electron chi connectivity index (χ3n) is 1.55. The Bertz CT molecular complexity index is 360. The van der Waals surface area contributed by atoms with E-state index in [4.69, 9.17) is 27.7 Å². The van der Waals surface area contributed by atoms with Crippen molar-refractivity contribution in [2.75, 3.05) is 12.5 Å². The van der Waals surface area contributed by atoms with E-state index in [9.17, 15) is 9.46 Å². The Morgan fingerprint density at radius 3 is 2.56 bits per heavy atom. The van der Waals surface area contributed by atoms with Crippen molar-refractivity contribution < 1.29 is 18.5 Å². The summed E-state index contributed by atoms with van der Waals surface area (Å²) in [6.07, 6.45) is 0. The molecule has 0 bridgehead atoms. The fourth-order valence-corrected chi connectivity index (χ4v) is 1.91. The Hall–Kier alpha value is -0.250. The second-order valence-electron chi connectivity index (χ2n) is 2.92. The molecule has 0 aliphatic rings. The van der Waals surface area contributed by atoms with E-state index in [-0.39, 0.29) is 18.2 Å². The first-order valence-corrected chi connectivity index (χ1v) is 6.92. The van der Waals surface area contributed by atoms with Crippen molar-refractivity contribution >= 4 is 31.0 Å². The Morgan fingerprint density at radius 2 is 2.00 bits per heavy atom. The van der Waals surface area contributed by atoms with Crippen molar-refractivity contribution in [2.24, 2.45) is 0 Å². The van der Waals surface area contributed by atoms with Gasteiger partial charge in [0, 0.05) is 5.88 Å². The Labute approximate surface area is 104 Å². The summed E-state index contributed by atoms with van der Waals surface area (Å²) in [4.78, 5) is 9.32. The molecule has 0 spiro atoms. The molecule has 1 rings (SSSR count). The van der Waals surface area contributed by atoms with Gasteiger partial charge in [0.1, 0.15) is 5.75 Å². The highest BCUT2D eigenvalue weighted by molar-refractivity contribution is 7.47. The van der Waals surface area contributed by atoms with Crippen LogP contribution in [0.15, 0.2) is 30.3 Å². The van der Waals surface area contributed by atoms with E-state index in [1.807, 2.05) is 0 Å². The number of para-hydroxylation sites is 1. The minimum Gasteiger partial charge on any atom is -0.404 e. The lowest BCUT2D eigenvalue weighted by Gasteiger charge is -2.14. The SMILES string of the molecule is O=P(O)(OCC(Cl)CCl)Oc1ccccc1. The van der Waals surface area contributed by atoms with E-state index in [1.165, 1.54) is 0 Å². The van der Waals surface area contributed by atoms with Crippen molar-refractivity contribution in [3.05, 3.63) is 30.3 Å². The lowest BCUT2D eigenvalue weighted by molar-refractivity contribution is 0.205. The third-order valence-corrected chi connectivity index (χ3v) is 3.28. The zero-order valence-electron chi connectivity index (χ0n) is 8.25. The smallest absolute Gasteiger partial charge is 0.404 e. The summed E-state index contributed by atoms with van der Waals surface area (Å²) < 4.78 is 20.9. The maximum atomic E-state index is 11.4. The molecule has 0 aromatic heterocycles. The topological polar surface area (TPSA) is 55.8 Å². The summed E-state index contributed by atoms with van der Waals surface area (Å²) in [5.41, 5.74) is 0. The largest absolute Gasteiger partial charge is 0.527 e. The van der Waals surface area contributed by atoms with Gasteiger partial charge in [-0.05, 0) is 12.1 Å². The monoisotopic (exact) mass is 284 g/mol. The summed E-state index contributed by atoms with van der Waals surface area (Å²) >= 11 is 11.0. The normalized spacial score (nSPS) is 16.4. The number of hydrogen-bond acceptors (Lipinski definition) is 3. The van der Waals surface area contributed by atoms with Crippen LogP contribution in [0.1, 0.15) is 0 Å². The number of alkyl halides is 2. The zero-order chi connectivity index (χ0) is 12.0. The molecule has 7 heteroatoms. The number of hydrogen-bond donors (Lipinski definition) is 1. The molecule has 4 nitrogen and oxygen atoms in total. The van der Waals surface area contributed by atoms with E-state index in [0.29, 0.717) is 0 Å². The second kappa shape index (κ2) is 6.48. The number of benzene rings is 1. The Kier molecular flexibility index (Phi) is 5.59. The van der Waals surface area contributed by atoms with Crippen molar-refractivity contribution in [1.82, 2.24) is 0 Å². The van der Waals surface area contributed by atoms with E-state index in [1.54, 1.807) is 30.3 Å². The van der Waals surface area contributed by atoms with Crippen molar-refractivity contribution in [2.45, 2.75) is 5.38 Å². The van der Waals surface area contributed by atoms with Gasteiger partial charge in [-0.2, -0.15) is 0 Å². The molecule has 0 saturated heterocycles. The van der Waals surface area contributed by atoms with E-state index >= 15 is 0 Å². The number of phosphoric ester groups is 1. The summed E-state index contributed by atoms with van der Waals surface area (Å²) in [6, 6.07) is 8.22. The lowest BCUT2D eigenvalue weighted by atomic mass is 10.3. The van der Waals surface area contributed by atoms with Crippen molar-refractivity contribution in [3.8, 4) is 5.75 Å². The van der Waals surface area contributed by atoms with Gasteiger partial charge in [0.2, 0.25) is 0 Å². The predicted molar refractivity (Wildman–Crippen MR) is 63.2 cm³/mol. The van der Waals surface area contributed by atoms with Crippen molar-refractivity contribution in [3.63, 3.8) is 0 Å². The molecule has 1 aromatic carbocycles. The summed E-state index contributed by atoms with van der Waals surface area (Å²) in [5, 5.41) is -0.526. The van der Waals surface area contributed by atoms with E-state index < -0.39 is 13.2 Å². The van der Waals surface area contributed by atoms with Crippen LogP contribution in [0.25, 0.3) is 0 Å². The van der Waals surface area contributed by atoms with Crippen LogP contribution in [-0.4, -0.2) is 22.8 Å². The molecule has 2 unspecified atom stereocenters. The minimum absolute atomic E-state index is 0.132. The summed E-state index contributed by atoms with van der Waals surface area (Å²) in [5.74, 6) is 0.387. The van der Waals surface area contributed by atoms with Gasteiger partial charge in [-0.3, -0.25) is 9.42 Å². The van der Waals surface area contributed by atoms with Crippen LogP contribution >= 0.6 is 31.0 Å². The predicted octanol–water partition coefficient (Wildman–Crippen LogP) is 3.03. The third kappa shape index (κ3) is 5.19. The standard InChI is InChI=1S/C9H11Cl2O4P/c10-6-8(11)7-14-16(12,13)15-9-4-2-1-3-5-9/h1-5,8H,6-7H2,(H,12,13). The van der Waals surface area contributed by atoms with Crippen LogP contribution in [0.5, 0.6) is 5.75 Å². The highest BCUT2D eigenvalue weighted by Crippen LogP contribution is 2.43. The molecule has 0 fully saturated rings. The van der Waals surface area contributed by atoms with Gasteiger partial charge in [-0.25, -0.2) is 4.57 Å². The molecule has 0 aliphatic carbocycles. The molecule has 0 saturated carbocycles. The number of rotatable bonds is 6. The van der Waals surface area contributed by atoms with Gasteiger partial charge >= 0.3 is 7.82 Å². The molecule has 16 heavy (non-hydrogen) atoms. The number of halogens is 2. The van der Waals surface area contributed by atoms with Crippen LogP contribution in [-0.2, 0) is 9.09 Å². The van der Waals surface area contributed by atoms with E-state index in [0.717, 1.165) is 0 Å². The molecular weight excluding hydrogens is 274 g/mol. The van der Waals surface area contributed by atoms with Gasteiger partial charge < -0.3 is 4.52 Å². The maximum Gasteiger partial charge on any atom is 0.527 e. The van der Waals surface area contributed by atoms with Gasteiger partial charge in [0.05, 0.1) is 12.0 Å². The lowest BCUT2D eigenvalue weighted by Crippen LogP contribution is -2.10. The molecule has 90 valence electrons. The van der Waals surface area contributed by atoms with Crippen LogP contribution in [0.2, 0.25) is 0 Å². The molecule has 0 aliphatic heterocycles. The van der Waals surface area contributed by atoms with Gasteiger partial charge in [0.15, 0.2) is 0 Å². The second-order valence-corrected chi connectivity index (χ2v) is 5.22. The van der Waals surface area contributed by atoms with E-state index in [2.05, 4.69) is 4.52 Å². The fourth-order valence-electron chi connectivity index (χ4n) is 0.861. The highest BCUT2D eigenvalue weighted by Gasteiger charge is 2.24. The van der Waals surface area contributed by atoms with Crippen LogP contribution in [0, 0.1) is 0 Å². The molecule has 0 heterocycles. The average molecular weight is 285 g/mol. The first-order chi connectivity index (χ1) is 7.53. The van der Waals surface area contributed by atoms with Crippen LogP contribution in [0.4, 0.5) is 0 Å². The zero-order valence-corrected chi connectivity index (χ0v) is 10.7. The Morgan fingerprint density at radius 1 is 1.38 bits per heavy atom. The molecule has 0 radical (unpaired) electrons. The number of phosphoric acid groups is 1. The van der Waals surface area contributed by atoms with Crippen molar-refractivity contribution in [1.29, 1.82) is 0 Å². The maximum absolute atomic E-state index is 11.4. The quantitative estimate of drug-likeness (QED) is 0.644. The summed E-state index contributed by atoms with van der Waals surface area (Å²) in [6.45, 7) is -0.147. The fraction of sp³-hybridized carbons (Fsp3) is 0.333. The van der Waals surface area contributed by atoms with Gasteiger partial charge in [0.25, 0.3) is 0 Å². The minimum atomic E-state index is -4.12. The molecule has 1 N–H and O–H groups in total. The van der Waals surface area contributed by atoms with Crippen LogP contribution in [0.3, 0.4) is 0 Å². The molecular formula is C9H11Cl2O4P. The molecule has 2 atom stereocenters. The van der Waals surface area contributed by atoms with Crippen LogP contribution < -0.4 is 4.52 Å². The van der Waals surface area contributed by atoms with Gasteiger partial charge in [-0.15, -0.1) is 23.2 Å². The summed E-state index contributed by atoms with van der Waals surface area (Å²) in [7, 11) is -4.12.